The summed E-state index contributed by atoms with van der Waals surface area (Å²) in [4.78, 5) is 41.8. The van der Waals surface area contributed by atoms with E-state index in [1.807, 2.05) is 13.8 Å². The molecule has 3 heterocycles. The van der Waals surface area contributed by atoms with Crippen molar-refractivity contribution < 1.29 is 14.3 Å². The summed E-state index contributed by atoms with van der Waals surface area (Å²) in [5, 5.41) is 5.99. The molecule has 0 radical (unpaired) electrons. The van der Waals surface area contributed by atoms with Gasteiger partial charge in [0, 0.05) is 27.9 Å². The number of nitrogens with zero attached hydrogens (tertiary/aromatic N) is 2. The third-order valence-electron chi connectivity index (χ3n) is 4.42. The molecule has 0 bridgehead atoms. The largest absolute Gasteiger partial charge is 0.462 e. The maximum atomic E-state index is 12.7. The Labute approximate surface area is 165 Å². The molecule has 0 aromatic carbocycles. The molecule has 0 spiro atoms. The van der Waals surface area contributed by atoms with Crippen LogP contribution in [-0.2, 0) is 22.4 Å². The minimum atomic E-state index is -0.450. The summed E-state index contributed by atoms with van der Waals surface area (Å²) in [5.41, 5.74) is 2.78. The van der Waals surface area contributed by atoms with E-state index in [2.05, 4.69) is 15.4 Å². The quantitative estimate of drug-likeness (QED) is 0.617. The smallest absolute Gasteiger partial charge is 0.341 e. The Morgan fingerprint density at radius 1 is 1.29 bits per heavy atom. The summed E-state index contributed by atoms with van der Waals surface area (Å²) < 4.78 is 6.66. The minimum Gasteiger partial charge on any atom is -0.462 e. The highest BCUT2D eigenvalue weighted by Crippen LogP contribution is 2.29. The number of carbonyl (C=O) groups is 2. The van der Waals surface area contributed by atoms with E-state index < -0.39 is 5.97 Å². The summed E-state index contributed by atoms with van der Waals surface area (Å²) in [6.07, 6.45) is 0.829. The molecule has 3 rings (SSSR count). The lowest BCUT2D eigenvalue weighted by molar-refractivity contribution is -0.115. The number of aryl methyl sites for hydroxylation is 3. The maximum absolute atomic E-state index is 12.7. The van der Waals surface area contributed by atoms with Gasteiger partial charge in [-0.1, -0.05) is 6.92 Å². The summed E-state index contributed by atoms with van der Waals surface area (Å²) >= 11 is 1.37. The number of nitrogens with one attached hydrogen (secondary N) is 2. The van der Waals surface area contributed by atoms with Crippen LogP contribution in [0.5, 0.6) is 0 Å². The molecule has 0 fully saturated rings. The van der Waals surface area contributed by atoms with Crippen molar-refractivity contribution in [1.29, 1.82) is 0 Å². The molecular weight excluding hydrogens is 380 g/mol. The average molecular weight is 402 g/mol. The molecule has 0 saturated carbocycles. The molecule has 0 atom stereocenters. The fraction of sp³-hybridized carbons (Fsp3) is 0.368. The van der Waals surface area contributed by atoms with Crippen molar-refractivity contribution in [3.63, 3.8) is 0 Å². The van der Waals surface area contributed by atoms with Crippen molar-refractivity contribution in [3.8, 4) is 0 Å². The zero-order chi connectivity index (χ0) is 20.4. The standard InChI is InChI=1S/C19H22N4O4S/c1-5-12-7-14(19(26)27-6-2)18(28-12)21-16(24)8-13-10(3)20-15-9-17(25)22-23(15)11(13)4/h7,9H,5-6,8H2,1-4H3,(H,21,24)(H,22,25). The third-order valence-corrected chi connectivity index (χ3v) is 5.61. The summed E-state index contributed by atoms with van der Waals surface area (Å²) in [6.45, 7) is 7.62. The molecule has 148 valence electrons. The fourth-order valence-corrected chi connectivity index (χ4v) is 4.01. The molecule has 8 nitrogen and oxygen atoms in total. The predicted molar refractivity (Wildman–Crippen MR) is 107 cm³/mol. The third kappa shape index (κ3) is 3.84. The van der Waals surface area contributed by atoms with Crippen LogP contribution in [0.2, 0.25) is 0 Å². The first-order valence-electron chi connectivity index (χ1n) is 9.01. The van der Waals surface area contributed by atoms with Crippen molar-refractivity contribution in [3.05, 3.63) is 49.9 Å². The van der Waals surface area contributed by atoms with Gasteiger partial charge in [-0.15, -0.1) is 11.3 Å². The lowest BCUT2D eigenvalue weighted by atomic mass is 10.1. The van der Waals surface area contributed by atoms with Crippen LogP contribution in [0.15, 0.2) is 16.9 Å². The van der Waals surface area contributed by atoms with Crippen molar-refractivity contribution in [2.24, 2.45) is 0 Å². The van der Waals surface area contributed by atoms with Crippen molar-refractivity contribution in [2.45, 2.75) is 40.5 Å². The molecule has 3 aromatic rings. The number of amides is 1. The second-order valence-corrected chi connectivity index (χ2v) is 7.47. The van der Waals surface area contributed by atoms with Crippen LogP contribution in [0, 0.1) is 13.8 Å². The molecule has 0 unspecified atom stereocenters. The van der Waals surface area contributed by atoms with Gasteiger partial charge in [-0.25, -0.2) is 14.3 Å². The second kappa shape index (κ2) is 7.97. The van der Waals surface area contributed by atoms with Gasteiger partial charge < -0.3 is 10.1 Å². The first-order valence-corrected chi connectivity index (χ1v) is 9.83. The number of aromatic amines is 1. The number of aromatic nitrogens is 3. The molecule has 0 aliphatic carbocycles. The monoisotopic (exact) mass is 402 g/mol. The number of ether oxygens (including phenoxy) is 1. The minimum absolute atomic E-state index is 0.0719. The number of rotatable bonds is 6. The highest BCUT2D eigenvalue weighted by Gasteiger charge is 2.20. The van der Waals surface area contributed by atoms with Gasteiger partial charge in [-0.05, 0) is 33.3 Å². The number of hydrogen-bond donors (Lipinski definition) is 2. The van der Waals surface area contributed by atoms with Crippen molar-refractivity contribution in [2.75, 3.05) is 11.9 Å². The number of fused-ring (bicyclic) bond motifs is 1. The lowest BCUT2D eigenvalue weighted by Gasteiger charge is -2.11. The maximum Gasteiger partial charge on any atom is 0.341 e. The Balaban J connectivity index is 1.87. The topological polar surface area (TPSA) is 106 Å². The fourth-order valence-electron chi connectivity index (χ4n) is 3.01. The van der Waals surface area contributed by atoms with Gasteiger partial charge >= 0.3 is 5.97 Å². The van der Waals surface area contributed by atoms with Gasteiger partial charge in [-0.3, -0.25) is 14.7 Å². The summed E-state index contributed by atoms with van der Waals surface area (Å²) in [6, 6.07) is 3.17. The molecule has 0 aliphatic heterocycles. The molecule has 0 saturated heterocycles. The van der Waals surface area contributed by atoms with Crippen LogP contribution in [0.3, 0.4) is 0 Å². The molecule has 2 N–H and O–H groups in total. The van der Waals surface area contributed by atoms with E-state index in [0.29, 0.717) is 21.9 Å². The first kappa shape index (κ1) is 19.8. The number of esters is 1. The molecule has 1 amide bonds. The van der Waals surface area contributed by atoms with Crippen LogP contribution in [-0.4, -0.2) is 33.1 Å². The van der Waals surface area contributed by atoms with Crippen LogP contribution in [0.4, 0.5) is 5.00 Å². The Kier molecular flexibility index (Phi) is 5.64. The summed E-state index contributed by atoms with van der Waals surface area (Å²) in [7, 11) is 0. The number of hydrogen-bond acceptors (Lipinski definition) is 6. The molecule has 28 heavy (non-hydrogen) atoms. The van der Waals surface area contributed by atoms with Gasteiger partial charge in [0.15, 0.2) is 5.65 Å². The first-order chi connectivity index (χ1) is 13.3. The van der Waals surface area contributed by atoms with E-state index in [1.54, 1.807) is 24.4 Å². The Morgan fingerprint density at radius 2 is 2.04 bits per heavy atom. The second-order valence-electron chi connectivity index (χ2n) is 6.33. The number of thiophene rings is 1. The van der Waals surface area contributed by atoms with Gasteiger partial charge in [-0.2, -0.15) is 0 Å². The predicted octanol–water partition coefficient (Wildman–Crippen LogP) is 2.62. The van der Waals surface area contributed by atoms with E-state index in [4.69, 9.17) is 4.74 Å². The molecule has 9 heteroatoms. The van der Waals surface area contributed by atoms with Crippen LogP contribution in [0.1, 0.15) is 46.0 Å². The highest BCUT2D eigenvalue weighted by molar-refractivity contribution is 7.16. The molecule has 0 aliphatic rings. The number of anilines is 1. The lowest BCUT2D eigenvalue weighted by Crippen LogP contribution is -2.19. The van der Waals surface area contributed by atoms with E-state index in [9.17, 15) is 14.4 Å². The summed E-state index contributed by atoms with van der Waals surface area (Å²) in [5.74, 6) is -0.717. The van der Waals surface area contributed by atoms with Gasteiger partial charge in [0.1, 0.15) is 5.00 Å². The normalized spacial score (nSPS) is 11.0. The van der Waals surface area contributed by atoms with E-state index in [0.717, 1.165) is 22.6 Å². The van der Waals surface area contributed by atoms with Crippen LogP contribution < -0.4 is 10.9 Å². The van der Waals surface area contributed by atoms with Crippen molar-refractivity contribution >= 4 is 33.9 Å². The van der Waals surface area contributed by atoms with Crippen molar-refractivity contribution in [1.82, 2.24) is 14.6 Å². The number of carbonyl (C=O) groups excluding carboxylic acids is 2. The van der Waals surface area contributed by atoms with E-state index in [1.165, 1.54) is 17.4 Å². The highest BCUT2D eigenvalue weighted by atomic mass is 32.1. The number of H-pyrrole nitrogens is 1. The SMILES string of the molecule is CCOC(=O)c1cc(CC)sc1NC(=O)Cc1c(C)nc2cc(=O)[nH]n2c1C. The molecule has 3 aromatic heterocycles. The van der Waals surface area contributed by atoms with Crippen LogP contribution in [0.25, 0.3) is 5.65 Å². The van der Waals surface area contributed by atoms with E-state index in [-0.39, 0.29) is 24.5 Å². The van der Waals surface area contributed by atoms with Gasteiger partial charge in [0.25, 0.3) is 5.56 Å². The van der Waals surface area contributed by atoms with Gasteiger partial charge in [0.2, 0.25) is 5.91 Å². The Hall–Kier alpha value is -2.94. The Bertz CT molecular complexity index is 1110. The van der Waals surface area contributed by atoms with E-state index >= 15 is 0 Å². The zero-order valence-electron chi connectivity index (χ0n) is 16.2. The molecular formula is C19H22N4O4S. The average Bonchev–Trinajstić information content (AvgIpc) is 3.21. The van der Waals surface area contributed by atoms with Crippen LogP contribution >= 0.6 is 11.3 Å². The zero-order valence-corrected chi connectivity index (χ0v) is 17.0. The Morgan fingerprint density at radius 3 is 2.71 bits per heavy atom. The van der Waals surface area contributed by atoms with Gasteiger partial charge in [0.05, 0.1) is 18.6 Å².